The lowest BCUT2D eigenvalue weighted by Crippen LogP contribution is -2.37. The summed E-state index contributed by atoms with van der Waals surface area (Å²) in [6.07, 6.45) is 1.74. The van der Waals surface area contributed by atoms with Gasteiger partial charge in [0.15, 0.2) is 0 Å². The molecule has 20 heavy (non-hydrogen) atoms. The van der Waals surface area contributed by atoms with Crippen molar-refractivity contribution in [3.8, 4) is 0 Å². The molecule has 1 fully saturated rings. The molecule has 0 saturated carbocycles. The molecule has 2 rings (SSSR count). The summed E-state index contributed by atoms with van der Waals surface area (Å²) in [5.74, 6) is -0.619. The highest BCUT2D eigenvalue weighted by atomic mass is 32.2. The Labute approximate surface area is 118 Å². The second kappa shape index (κ2) is 6.07. The Bertz CT molecular complexity index is 571. The Morgan fingerprint density at radius 2 is 2.25 bits per heavy atom. The molecule has 1 aliphatic rings. The maximum atomic E-state index is 13.1. The zero-order valence-corrected chi connectivity index (χ0v) is 12.2. The maximum Gasteiger partial charge on any atom is 0.243 e. The smallest absolute Gasteiger partial charge is 0.243 e. The number of sulfonamides is 1. The van der Waals surface area contributed by atoms with Gasteiger partial charge in [0, 0.05) is 19.7 Å². The van der Waals surface area contributed by atoms with Gasteiger partial charge in [0.2, 0.25) is 10.0 Å². The molecule has 1 aromatic rings. The van der Waals surface area contributed by atoms with E-state index in [4.69, 9.17) is 10.5 Å². The Kier molecular flexibility index (Phi) is 4.62. The van der Waals surface area contributed by atoms with Crippen LogP contribution in [0.15, 0.2) is 23.1 Å². The van der Waals surface area contributed by atoms with E-state index in [-0.39, 0.29) is 16.7 Å². The van der Waals surface area contributed by atoms with Crippen molar-refractivity contribution in [2.24, 2.45) is 0 Å². The molecule has 0 aromatic heterocycles. The quantitative estimate of drug-likeness (QED) is 0.839. The van der Waals surface area contributed by atoms with Crippen LogP contribution >= 0.6 is 0 Å². The first-order valence-electron chi connectivity index (χ1n) is 6.62. The number of nitrogen functional groups attached to an aromatic ring is 1. The standard InChI is InChI=1S/C13H19FN2O3S/c1-2-16(9-10-4-3-7-19-10)20(17,18)11-5-6-12(14)13(15)8-11/h5-6,8,10H,2-4,7,9,15H2,1H3. The topological polar surface area (TPSA) is 72.6 Å². The van der Waals surface area contributed by atoms with Crippen LogP contribution in [-0.2, 0) is 14.8 Å². The number of likely N-dealkylation sites (N-methyl/N-ethyl adjacent to an activating group) is 1. The average molecular weight is 302 g/mol. The summed E-state index contributed by atoms with van der Waals surface area (Å²) in [7, 11) is -3.67. The summed E-state index contributed by atoms with van der Waals surface area (Å²) in [5, 5.41) is 0. The SMILES string of the molecule is CCN(CC1CCCO1)S(=O)(=O)c1ccc(F)c(N)c1. The Morgan fingerprint density at radius 1 is 1.50 bits per heavy atom. The molecule has 0 amide bonds. The van der Waals surface area contributed by atoms with Crippen LogP contribution in [0, 0.1) is 5.82 Å². The first-order chi connectivity index (χ1) is 9.45. The van der Waals surface area contributed by atoms with E-state index in [2.05, 4.69) is 0 Å². The molecule has 0 radical (unpaired) electrons. The minimum absolute atomic E-state index is 0.0104. The van der Waals surface area contributed by atoms with Gasteiger partial charge in [-0.25, -0.2) is 12.8 Å². The number of hydrogen-bond acceptors (Lipinski definition) is 4. The van der Waals surface area contributed by atoms with Crippen LogP contribution in [0.2, 0.25) is 0 Å². The fraction of sp³-hybridized carbons (Fsp3) is 0.538. The number of ether oxygens (including phenoxy) is 1. The molecule has 1 saturated heterocycles. The van der Waals surface area contributed by atoms with Gasteiger partial charge < -0.3 is 10.5 Å². The van der Waals surface area contributed by atoms with E-state index in [1.807, 2.05) is 0 Å². The Balaban J connectivity index is 2.23. The molecule has 1 aromatic carbocycles. The van der Waals surface area contributed by atoms with Crippen LogP contribution in [0.25, 0.3) is 0 Å². The fourth-order valence-corrected chi connectivity index (χ4v) is 3.76. The molecule has 2 N–H and O–H groups in total. The van der Waals surface area contributed by atoms with Gasteiger partial charge in [0.25, 0.3) is 0 Å². The minimum Gasteiger partial charge on any atom is -0.396 e. The number of benzene rings is 1. The minimum atomic E-state index is -3.67. The molecule has 1 heterocycles. The van der Waals surface area contributed by atoms with E-state index in [0.717, 1.165) is 25.0 Å². The van der Waals surface area contributed by atoms with Crippen molar-refractivity contribution in [2.45, 2.75) is 30.8 Å². The first-order valence-corrected chi connectivity index (χ1v) is 8.06. The largest absolute Gasteiger partial charge is 0.396 e. The van der Waals surface area contributed by atoms with E-state index in [9.17, 15) is 12.8 Å². The van der Waals surface area contributed by atoms with Crippen molar-refractivity contribution >= 4 is 15.7 Å². The molecule has 0 bridgehead atoms. The molecule has 7 heteroatoms. The molecule has 5 nitrogen and oxygen atoms in total. The molecule has 1 aliphatic heterocycles. The Hall–Kier alpha value is -1.18. The third-order valence-electron chi connectivity index (χ3n) is 3.39. The number of nitrogens with two attached hydrogens (primary N) is 1. The van der Waals surface area contributed by atoms with Crippen LogP contribution in [0.4, 0.5) is 10.1 Å². The van der Waals surface area contributed by atoms with Crippen molar-refractivity contribution in [3.63, 3.8) is 0 Å². The summed E-state index contributed by atoms with van der Waals surface area (Å²) in [6, 6.07) is 3.46. The summed E-state index contributed by atoms with van der Waals surface area (Å²) in [4.78, 5) is 0.0104. The number of rotatable bonds is 5. The maximum absolute atomic E-state index is 13.1. The molecule has 0 aliphatic carbocycles. The zero-order valence-electron chi connectivity index (χ0n) is 11.4. The van der Waals surface area contributed by atoms with Gasteiger partial charge in [-0.05, 0) is 31.0 Å². The lowest BCUT2D eigenvalue weighted by Gasteiger charge is -2.23. The van der Waals surface area contributed by atoms with Crippen LogP contribution in [0.3, 0.4) is 0 Å². The normalized spacial score (nSPS) is 19.6. The highest BCUT2D eigenvalue weighted by molar-refractivity contribution is 7.89. The molecule has 1 atom stereocenters. The molecule has 112 valence electrons. The third-order valence-corrected chi connectivity index (χ3v) is 5.33. The van der Waals surface area contributed by atoms with Crippen LogP contribution < -0.4 is 5.73 Å². The van der Waals surface area contributed by atoms with Crippen molar-refractivity contribution < 1.29 is 17.5 Å². The van der Waals surface area contributed by atoms with E-state index in [1.54, 1.807) is 6.92 Å². The summed E-state index contributed by atoms with van der Waals surface area (Å²) in [5.41, 5.74) is 5.27. The van der Waals surface area contributed by atoms with Crippen LogP contribution in [0.1, 0.15) is 19.8 Å². The zero-order chi connectivity index (χ0) is 14.8. The Morgan fingerprint density at radius 3 is 2.80 bits per heavy atom. The van der Waals surface area contributed by atoms with Gasteiger partial charge >= 0.3 is 0 Å². The number of hydrogen-bond donors (Lipinski definition) is 1. The first kappa shape index (κ1) is 15.2. The lowest BCUT2D eigenvalue weighted by atomic mass is 10.2. The molecule has 0 spiro atoms. The van der Waals surface area contributed by atoms with E-state index >= 15 is 0 Å². The monoisotopic (exact) mass is 302 g/mol. The van der Waals surface area contributed by atoms with Crippen molar-refractivity contribution in [1.82, 2.24) is 4.31 Å². The highest BCUT2D eigenvalue weighted by Gasteiger charge is 2.28. The van der Waals surface area contributed by atoms with Gasteiger partial charge in [0.05, 0.1) is 16.7 Å². The van der Waals surface area contributed by atoms with Gasteiger partial charge in [0.1, 0.15) is 5.82 Å². The molecular weight excluding hydrogens is 283 g/mol. The fourth-order valence-electron chi connectivity index (χ4n) is 2.24. The van der Waals surface area contributed by atoms with Gasteiger partial charge in [-0.2, -0.15) is 4.31 Å². The second-order valence-electron chi connectivity index (χ2n) is 4.77. The lowest BCUT2D eigenvalue weighted by molar-refractivity contribution is 0.0947. The summed E-state index contributed by atoms with van der Waals surface area (Å²) >= 11 is 0. The molecule has 1 unspecified atom stereocenters. The number of anilines is 1. The summed E-state index contributed by atoms with van der Waals surface area (Å²) in [6.45, 7) is 3.08. The van der Waals surface area contributed by atoms with Crippen LogP contribution in [-0.4, -0.2) is 38.5 Å². The van der Waals surface area contributed by atoms with E-state index in [1.165, 1.54) is 10.4 Å². The van der Waals surface area contributed by atoms with Crippen molar-refractivity contribution in [1.29, 1.82) is 0 Å². The van der Waals surface area contributed by atoms with Crippen molar-refractivity contribution in [2.75, 3.05) is 25.4 Å². The number of nitrogens with zero attached hydrogens (tertiary/aromatic N) is 1. The van der Waals surface area contributed by atoms with Gasteiger partial charge in [-0.3, -0.25) is 0 Å². The predicted molar refractivity (Wildman–Crippen MR) is 74.2 cm³/mol. The third kappa shape index (κ3) is 3.11. The van der Waals surface area contributed by atoms with Gasteiger partial charge in [-0.1, -0.05) is 6.92 Å². The average Bonchev–Trinajstić information content (AvgIpc) is 2.91. The van der Waals surface area contributed by atoms with Crippen LogP contribution in [0.5, 0.6) is 0 Å². The summed E-state index contributed by atoms with van der Waals surface area (Å²) < 4.78 is 45.0. The number of halogens is 1. The van der Waals surface area contributed by atoms with E-state index < -0.39 is 15.8 Å². The highest BCUT2D eigenvalue weighted by Crippen LogP contribution is 2.22. The molecular formula is C13H19FN2O3S. The van der Waals surface area contributed by atoms with Crippen molar-refractivity contribution in [3.05, 3.63) is 24.0 Å². The van der Waals surface area contributed by atoms with Gasteiger partial charge in [-0.15, -0.1) is 0 Å². The second-order valence-corrected chi connectivity index (χ2v) is 6.71. The van der Waals surface area contributed by atoms with E-state index in [0.29, 0.717) is 19.7 Å². The predicted octanol–water partition coefficient (Wildman–Crippen LogP) is 1.60.